The van der Waals surface area contributed by atoms with Gasteiger partial charge < -0.3 is 10.2 Å². The molecule has 170 valence electrons. The number of fused-ring (bicyclic) bond motifs is 1. The summed E-state index contributed by atoms with van der Waals surface area (Å²) in [5.41, 5.74) is 4.58. The summed E-state index contributed by atoms with van der Waals surface area (Å²) in [6, 6.07) is 20.2. The number of nitrogens with one attached hydrogen (secondary N) is 1. The van der Waals surface area contributed by atoms with Gasteiger partial charge in [-0.1, -0.05) is 54.1 Å². The molecule has 0 radical (unpaired) electrons. The van der Waals surface area contributed by atoms with Crippen molar-refractivity contribution in [1.29, 1.82) is 0 Å². The van der Waals surface area contributed by atoms with Crippen molar-refractivity contribution in [1.82, 2.24) is 10.3 Å². The fraction of sp³-hybridized carbons (Fsp3) is 0.143. The average molecular weight is 472 g/mol. The van der Waals surface area contributed by atoms with Crippen LogP contribution in [0.15, 0.2) is 85.2 Å². The molecule has 1 amide bonds. The summed E-state index contributed by atoms with van der Waals surface area (Å²) >= 11 is 6.08. The first kappa shape index (κ1) is 22.3. The smallest absolute Gasteiger partial charge is 0.231 e. The highest BCUT2D eigenvalue weighted by atomic mass is 35.5. The number of carbonyl (C=O) groups excluding carboxylic acids is 1. The van der Waals surface area contributed by atoms with Crippen molar-refractivity contribution in [2.24, 2.45) is 0 Å². The lowest BCUT2D eigenvalue weighted by Gasteiger charge is -2.24. The second-order valence-corrected chi connectivity index (χ2v) is 8.80. The summed E-state index contributed by atoms with van der Waals surface area (Å²) in [4.78, 5) is 19.6. The molecule has 0 fully saturated rings. The summed E-state index contributed by atoms with van der Waals surface area (Å²) < 4.78 is 14.0. The molecule has 0 aliphatic carbocycles. The lowest BCUT2D eigenvalue weighted by atomic mass is 10.0. The Hall–Kier alpha value is -3.54. The minimum absolute atomic E-state index is 0.104. The molecule has 1 aliphatic heterocycles. The molecule has 1 aliphatic rings. The number of aromatic nitrogens is 1. The van der Waals surface area contributed by atoms with Gasteiger partial charge in [0.1, 0.15) is 5.82 Å². The number of anilines is 1. The number of nitrogens with zero attached hydrogens (tertiary/aromatic N) is 2. The number of halogens is 2. The van der Waals surface area contributed by atoms with Crippen LogP contribution in [0.3, 0.4) is 0 Å². The Morgan fingerprint density at radius 2 is 1.88 bits per heavy atom. The van der Waals surface area contributed by atoms with E-state index in [2.05, 4.69) is 16.4 Å². The van der Waals surface area contributed by atoms with Crippen LogP contribution in [0.4, 0.5) is 10.1 Å². The van der Waals surface area contributed by atoms with Gasteiger partial charge in [-0.15, -0.1) is 0 Å². The molecule has 0 bridgehead atoms. The monoisotopic (exact) mass is 471 g/mol. The Morgan fingerprint density at radius 1 is 1.06 bits per heavy atom. The van der Waals surface area contributed by atoms with E-state index in [0.717, 1.165) is 40.7 Å². The molecule has 1 N–H and O–H groups in total. The average Bonchev–Trinajstić information content (AvgIpc) is 3.37. The van der Waals surface area contributed by atoms with E-state index in [1.807, 2.05) is 48.5 Å². The van der Waals surface area contributed by atoms with Crippen molar-refractivity contribution >= 4 is 39.5 Å². The maximum Gasteiger partial charge on any atom is 0.231 e. The third-order valence-electron chi connectivity index (χ3n) is 6.01. The fourth-order valence-corrected chi connectivity index (χ4v) is 4.58. The number of hydrogen-bond donors (Lipinski definition) is 1. The molecule has 0 spiro atoms. The van der Waals surface area contributed by atoms with Crippen LogP contribution in [0.25, 0.3) is 16.3 Å². The van der Waals surface area contributed by atoms with Gasteiger partial charge in [0, 0.05) is 41.6 Å². The minimum atomic E-state index is -0.427. The molecular weight excluding hydrogens is 449 g/mol. The number of hydrogen-bond acceptors (Lipinski definition) is 3. The maximum absolute atomic E-state index is 14.0. The zero-order chi connectivity index (χ0) is 23.5. The van der Waals surface area contributed by atoms with Gasteiger partial charge in [0.15, 0.2) is 0 Å². The Balaban J connectivity index is 1.48. The van der Waals surface area contributed by atoms with Gasteiger partial charge in [-0.3, -0.25) is 9.78 Å². The lowest BCUT2D eigenvalue weighted by Crippen LogP contribution is -2.32. The maximum atomic E-state index is 14.0. The molecule has 6 heteroatoms. The summed E-state index contributed by atoms with van der Waals surface area (Å²) in [6.45, 7) is 1.90. The third-order valence-corrected chi connectivity index (χ3v) is 6.23. The number of carbonyl (C=O) groups is 1. The van der Waals surface area contributed by atoms with Crippen LogP contribution in [0.2, 0.25) is 5.02 Å². The van der Waals surface area contributed by atoms with E-state index in [1.165, 1.54) is 17.7 Å². The number of amides is 1. The van der Waals surface area contributed by atoms with Gasteiger partial charge in [0.2, 0.25) is 5.91 Å². The van der Waals surface area contributed by atoms with Gasteiger partial charge in [-0.2, -0.15) is 0 Å². The van der Waals surface area contributed by atoms with Crippen LogP contribution < -0.4 is 10.2 Å². The molecule has 1 aromatic heterocycles. The van der Waals surface area contributed by atoms with Crippen LogP contribution in [-0.4, -0.2) is 24.0 Å². The van der Waals surface area contributed by atoms with Crippen molar-refractivity contribution < 1.29 is 9.18 Å². The van der Waals surface area contributed by atoms with Crippen molar-refractivity contribution in [3.05, 3.63) is 113 Å². The van der Waals surface area contributed by atoms with Crippen molar-refractivity contribution in [2.45, 2.75) is 13.0 Å². The molecule has 0 unspecified atom stereocenters. The molecule has 4 aromatic rings. The largest absolute Gasteiger partial charge is 0.309 e. The van der Waals surface area contributed by atoms with Gasteiger partial charge in [0.05, 0.1) is 13.0 Å². The van der Waals surface area contributed by atoms with E-state index in [9.17, 15) is 9.18 Å². The first-order valence-corrected chi connectivity index (χ1v) is 11.5. The molecule has 3 aromatic carbocycles. The highest BCUT2D eigenvalue weighted by Gasteiger charge is 2.19. The fourth-order valence-electron chi connectivity index (χ4n) is 4.34. The Morgan fingerprint density at radius 3 is 2.65 bits per heavy atom. The van der Waals surface area contributed by atoms with Crippen molar-refractivity contribution in [2.75, 3.05) is 18.0 Å². The highest BCUT2D eigenvalue weighted by Crippen LogP contribution is 2.26. The van der Waals surface area contributed by atoms with Crippen LogP contribution in [0.5, 0.6) is 0 Å². The summed E-state index contributed by atoms with van der Waals surface area (Å²) in [7, 11) is 0. The standard InChI is InChI=1S/C28H23ClFN3O/c29-24-11-19(12-25(30)14-24)18-33(26-7-5-20(6-8-26)21-9-10-31-15-21)28(34)13-23-17-32-16-22-3-1-2-4-27(22)23/h1-9,11-12,14,16-17,31H,10,13,15,18H2. The summed E-state index contributed by atoms with van der Waals surface area (Å²) in [5.74, 6) is -0.530. The second-order valence-electron chi connectivity index (χ2n) is 8.36. The van der Waals surface area contributed by atoms with Gasteiger partial charge in [0.25, 0.3) is 0 Å². The molecule has 5 rings (SSSR count). The van der Waals surface area contributed by atoms with Gasteiger partial charge in [-0.05, 0) is 58.0 Å². The van der Waals surface area contributed by atoms with Gasteiger partial charge >= 0.3 is 0 Å². The number of rotatable bonds is 6. The minimum Gasteiger partial charge on any atom is -0.309 e. The predicted molar refractivity (Wildman–Crippen MR) is 135 cm³/mol. The Labute approximate surface area is 202 Å². The first-order chi connectivity index (χ1) is 16.6. The summed E-state index contributed by atoms with van der Waals surface area (Å²) in [5, 5.41) is 5.58. The van der Waals surface area contributed by atoms with Crippen molar-refractivity contribution in [3.8, 4) is 0 Å². The molecule has 34 heavy (non-hydrogen) atoms. The summed E-state index contributed by atoms with van der Waals surface area (Å²) in [6.07, 6.45) is 5.87. The normalized spacial score (nSPS) is 13.2. The Bertz CT molecular complexity index is 1360. The predicted octanol–water partition coefficient (Wildman–Crippen LogP) is 5.79. The van der Waals surface area contributed by atoms with E-state index in [1.54, 1.807) is 23.4 Å². The number of pyridine rings is 1. The molecular formula is C28H23ClFN3O. The van der Waals surface area contributed by atoms with E-state index in [4.69, 9.17) is 11.6 Å². The molecule has 2 heterocycles. The number of benzene rings is 3. The van der Waals surface area contributed by atoms with Crippen LogP contribution in [0, 0.1) is 5.82 Å². The van der Waals surface area contributed by atoms with E-state index in [-0.39, 0.29) is 18.9 Å². The molecule has 4 nitrogen and oxygen atoms in total. The zero-order valence-corrected chi connectivity index (χ0v) is 19.2. The van der Waals surface area contributed by atoms with Crippen LogP contribution >= 0.6 is 11.6 Å². The highest BCUT2D eigenvalue weighted by molar-refractivity contribution is 6.30. The topological polar surface area (TPSA) is 45.2 Å². The second kappa shape index (κ2) is 9.75. The SMILES string of the molecule is O=C(Cc1cncc2ccccc12)N(Cc1cc(F)cc(Cl)c1)c1ccc(C2=CCNC2)cc1. The van der Waals surface area contributed by atoms with Crippen LogP contribution in [0.1, 0.15) is 16.7 Å². The van der Waals surface area contributed by atoms with E-state index >= 15 is 0 Å². The first-order valence-electron chi connectivity index (χ1n) is 11.1. The van der Waals surface area contributed by atoms with Gasteiger partial charge in [-0.25, -0.2) is 4.39 Å². The molecule has 0 atom stereocenters. The third kappa shape index (κ3) is 4.86. The zero-order valence-electron chi connectivity index (χ0n) is 18.5. The van der Waals surface area contributed by atoms with Crippen molar-refractivity contribution in [3.63, 3.8) is 0 Å². The molecule has 0 saturated carbocycles. The quantitative estimate of drug-likeness (QED) is 0.387. The van der Waals surface area contributed by atoms with Crippen LogP contribution in [-0.2, 0) is 17.8 Å². The lowest BCUT2D eigenvalue weighted by molar-refractivity contribution is -0.118. The van der Waals surface area contributed by atoms with E-state index in [0.29, 0.717) is 10.6 Å². The Kier molecular flexibility index (Phi) is 6.39. The molecule has 0 saturated heterocycles. The van der Waals surface area contributed by atoms with E-state index < -0.39 is 5.82 Å².